The molecule has 1 heterocycles. The highest BCUT2D eigenvalue weighted by atomic mass is 15.0. The minimum absolute atomic E-state index is 0.492. The number of imidazole rings is 1. The van der Waals surface area contributed by atoms with E-state index in [9.17, 15) is 0 Å². The molecular formula is C13H13N3. The molecule has 0 fully saturated rings. The van der Waals surface area contributed by atoms with Gasteiger partial charge >= 0.3 is 0 Å². The van der Waals surface area contributed by atoms with Crippen molar-refractivity contribution in [1.82, 2.24) is 9.97 Å². The van der Waals surface area contributed by atoms with Gasteiger partial charge in [-0.1, -0.05) is 36.4 Å². The predicted octanol–water partition coefficient (Wildman–Crippen LogP) is 2.23. The smallest absolute Gasteiger partial charge is 0.131 e. The summed E-state index contributed by atoms with van der Waals surface area (Å²) in [6.07, 6.45) is 8.81. The maximum atomic E-state index is 6.31. The summed E-state index contributed by atoms with van der Waals surface area (Å²) in [7, 11) is 0. The Labute approximate surface area is 93.7 Å². The molecule has 16 heavy (non-hydrogen) atoms. The number of hydrogen-bond donors (Lipinski definition) is 2. The molecule has 0 amide bonds. The number of H-pyrrole nitrogens is 1. The van der Waals surface area contributed by atoms with Gasteiger partial charge in [0, 0.05) is 0 Å². The second-order valence-corrected chi connectivity index (χ2v) is 4.13. The molecule has 1 atom stereocenters. The zero-order valence-electron chi connectivity index (χ0n) is 8.85. The monoisotopic (exact) mass is 211 g/mol. The Balaban J connectivity index is 2.12. The van der Waals surface area contributed by atoms with Gasteiger partial charge in [-0.15, -0.1) is 0 Å². The van der Waals surface area contributed by atoms with Crippen molar-refractivity contribution >= 4 is 11.0 Å². The third-order valence-electron chi connectivity index (χ3n) is 2.93. The molecule has 0 bridgehead atoms. The number of para-hydroxylation sites is 2. The topological polar surface area (TPSA) is 54.7 Å². The van der Waals surface area contributed by atoms with Crippen LogP contribution in [-0.4, -0.2) is 9.97 Å². The number of rotatable bonds is 1. The summed E-state index contributed by atoms with van der Waals surface area (Å²) in [6, 6.07) is 7.97. The van der Waals surface area contributed by atoms with Crippen molar-refractivity contribution in [1.29, 1.82) is 0 Å². The van der Waals surface area contributed by atoms with Gasteiger partial charge < -0.3 is 10.7 Å². The fourth-order valence-electron chi connectivity index (χ4n) is 1.99. The van der Waals surface area contributed by atoms with E-state index in [1.807, 2.05) is 42.5 Å². The number of fused-ring (bicyclic) bond motifs is 1. The van der Waals surface area contributed by atoms with E-state index < -0.39 is 5.54 Å². The van der Waals surface area contributed by atoms with Crippen molar-refractivity contribution in [3.63, 3.8) is 0 Å². The van der Waals surface area contributed by atoms with Crippen LogP contribution >= 0.6 is 0 Å². The van der Waals surface area contributed by atoms with E-state index in [1.54, 1.807) is 0 Å². The van der Waals surface area contributed by atoms with E-state index in [2.05, 4.69) is 16.0 Å². The van der Waals surface area contributed by atoms with Crippen LogP contribution in [0.4, 0.5) is 0 Å². The maximum Gasteiger partial charge on any atom is 0.131 e. The molecule has 1 unspecified atom stereocenters. The van der Waals surface area contributed by atoms with E-state index in [4.69, 9.17) is 5.73 Å². The van der Waals surface area contributed by atoms with Gasteiger partial charge in [0.1, 0.15) is 5.82 Å². The summed E-state index contributed by atoms with van der Waals surface area (Å²) in [4.78, 5) is 7.83. The molecule has 1 aliphatic carbocycles. The molecule has 0 saturated heterocycles. The minimum atomic E-state index is -0.492. The molecule has 3 nitrogen and oxygen atoms in total. The zero-order chi connectivity index (χ0) is 11.0. The van der Waals surface area contributed by atoms with Crippen LogP contribution in [0.25, 0.3) is 11.0 Å². The number of aromatic amines is 1. The van der Waals surface area contributed by atoms with Crippen molar-refractivity contribution in [3.8, 4) is 0 Å². The number of nitrogens with two attached hydrogens (primary N) is 1. The lowest BCUT2D eigenvalue weighted by molar-refractivity contribution is 0.534. The lowest BCUT2D eigenvalue weighted by Gasteiger charge is -2.23. The van der Waals surface area contributed by atoms with Crippen molar-refractivity contribution in [2.45, 2.75) is 12.0 Å². The molecule has 80 valence electrons. The van der Waals surface area contributed by atoms with Crippen LogP contribution in [-0.2, 0) is 5.54 Å². The van der Waals surface area contributed by atoms with E-state index in [0.29, 0.717) is 0 Å². The van der Waals surface area contributed by atoms with Crippen molar-refractivity contribution < 1.29 is 0 Å². The number of allylic oxidation sites excluding steroid dienone is 2. The molecule has 0 spiro atoms. The Hall–Kier alpha value is -1.87. The van der Waals surface area contributed by atoms with Gasteiger partial charge in [-0.25, -0.2) is 4.98 Å². The summed E-state index contributed by atoms with van der Waals surface area (Å²) in [5, 5.41) is 0. The lowest BCUT2D eigenvalue weighted by atomic mass is 9.92. The van der Waals surface area contributed by atoms with Crippen LogP contribution in [0.5, 0.6) is 0 Å². The molecule has 0 radical (unpaired) electrons. The normalized spacial score (nSPS) is 24.1. The molecule has 3 heteroatoms. The van der Waals surface area contributed by atoms with E-state index in [-0.39, 0.29) is 0 Å². The Bertz CT molecular complexity index is 547. The highest BCUT2D eigenvalue weighted by Crippen LogP contribution is 2.26. The van der Waals surface area contributed by atoms with Gasteiger partial charge in [0.2, 0.25) is 0 Å². The average Bonchev–Trinajstić information content (AvgIpc) is 2.74. The van der Waals surface area contributed by atoms with Gasteiger partial charge in [0.25, 0.3) is 0 Å². The van der Waals surface area contributed by atoms with Crippen LogP contribution < -0.4 is 5.73 Å². The Kier molecular flexibility index (Phi) is 1.94. The van der Waals surface area contributed by atoms with Crippen molar-refractivity contribution in [3.05, 3.63) is 54.4 Å². The molecule has 1 aromatic carbocycles. The molecule has 3 N–H and O–H groups in total. The van der Waals surface area contributed by atoms with E-state index in [1.165, 1.54) is 0 Å². The molecule has 0 saturated carbocycles. The van der Waals surface area contributed by atoms with Crippen LogP contribution in [0.2, 0.25) is 0 Å². The van der Waals surface area contributed by atoms with Crippen LogP contribution in [0.3, 0.4) is 0 Å². The quantitative estimate of drug-likeness (QED) is 0.760. The Morgan fingerprint density at radius 3 is 2.88 bits per heavy atom. The van der Waals surface area contributed by atoms with Crippen LogP contribution in [0, 0.1) is 0 Å². The first kappa shape index (κ1) is 9.36. The number of nitrogens with one attached hydrogen (secondary N) is 1. The fraction of sp³-hybridized carbons (Fsp3) is 0.154. The van der Waals surface area contributed by atoms with Gasteiger partial charge in [0.05, 0.1) is 16.6 Å². The number of hydrogen-bond acceptors (Lipinski definition) is 2. The molecule has 1 aliphatic rings. The van der Waals surface area contributed by atoms with Crippen molar-refractivity contribution in [2.24, 2.45) is 5.73 Å². The fourth-order valence-corrected chi connectivity index (χ4v) is 1.99. The molecule has 1 aromatic heterocycles. The zero-order valence-corrected chi connectivity index (χ0v) is 8.85. The van der Waals surface area contributed by atoms with Crippen molar-refractivity contribution in [2.75, 3.05) is 0 Å². The minimum Gasteiger partial charge on any atom is -0.340 e. The molecule has 2 aromatic rings. The first-order valence-electron chi connectivity index (χ1n) is 5.36. The standard InChI is InChI=1S/C13H13N3/c14-13(8-4-1-5-9-13)12-15-10-6-2-3-7-11(10)16-12/h1-8H,9,14H2,(H,15,16). The molecule has 3 rings (SSSR count). The summed E-state index contributed by atoms with van der Waals surface area (Å²) >= 11 is 0. The first-order valence-corrected chi connectivity index (χ1v) is 5.36. The number of aromatic nitrogens is 2. The van der Waals surface area contributed by atoms with Crippen LogP contribution in [0.1, 0.15) is 12.2 Å². The molecular weight excluding hydrogens is 198 g/mol. The SMILES string of the molecule is NC1(c2nc3ccccc3[nH]2)C=CC=CC1. The summed E-state index contributed by atoms with van der Waals surface area (Å²) in [5.74, 6) is 0.828. The lowest BCUT2D eigenvalue weighted by Crippen LogP contribution is -2.35. The van der Waals surface area contributed by atoms with Gasteiger partial charge in [0.15, 0.2) is 0 Å². The largest absolute Gasteiger partial charge is 0.340 e. The highest BCUT2D eigenvalue weighted by Gasteiger charge is 2.27. The summed E-state index contributed by atoms with van der Waals surface area (Å²) in [5.41, 5.74) is 7.82. The third-order valence-corrected chi connectivity index (χ3v) is 2.93. The third kappa shape index (κ3) is 1.37. The first-order chi connectivity index (χ1) is 7.78. The second-order valence-electron chi connectivity index (χ2n) is 4.13. The van der Waals surface area contributed by atoms with Gasteiger partial charge in [-0.3, -0.25) is 0 Å². The van der Waals surface area contributed by atoms with Gasteiger partial charge in [-0.2, -0.15) is 0 Å². The number of benzene rings is 1. The molecule has 0 aliphatic heterocycles. The highest BCUT2D eigenvalue weighted by molar-refractivity contribution is 5.75. The maximum absolute atomic E-state index is 6.31. The average molecular weight is 211 g/mol. The summed E-state index contributed by atoms with van der Waals surface area (Å²) in [6.45, 7) is 0. The van der Waals surface area contributed by atoms with Crippen LogP contribution in [0.15, 0.2) is 48.6 Å². The van der Waals surface area contributed by atoms with E-state index in [0.717, 1.165) is 23.3 Å². The predicted molar refractivity (Wildman–Crippen MR) is 64.9 cm³/mol. The Morgan fingerprint density at radius 1 is 1.25 bits per heavy atom. The second kappa shape index (κ2) is 3.32. The summed E-state index contributed by atoms with van der Waals surface area (Å²) < 4.78 is 0. The Morgan fingerprint density at radius 2 is 2.12 bits per heavy atom. The van der Waals surface area contributed by atoms with E-state index >= 15 is 0 Å². The number of nitrogens with zero attached hydrogens (tertiary/aromatic N) is 1. The van der Waals surface area contributed by atoms with Gasteiger partial charge in [-0.05, 0) is 18.6 Å².